The number of hydrogen-bond donors (Lipinski definition) is 0. The Bertz CT molecular complexity index is 714. The zero-order chi connectivity index (χ0) is 18.4. The van der Waals surface area contributed by atoms with Crippen molar-refractivity contribution in [1.29, 1.82) is 0 Å². The highest BCUT2D eigenvalue weighted by Crippen LogP contribution is 2.79. The van der Waals surface area contributed by atoms with Crippen LogP contribution in [0.1, 0.15) is 64.7 Å². The normalized spacial score (nSPS) is 55.4. The third-order valence-corrected chi connectivity index (χ3v) is 10.2. The molecule has 5 fully saturated rings. The second kappa shape index (κ2) is 5.59. The first kappa shape index (κ1) is 17.0. The molecule has 1 spiro atoms. The van der Waals surface area contributed by atoms with Gasteiger partial charge in [0, 0.05) is 18.4 Å². The minimum atomic E-state index is 0.215. The number of carbonyl (C=O) groups excluding carboxylic acids is 1. The van der Waals surface area contributed by atoms with Gasteiger partial charge in [-0.25, -0.2) is 0 Å². The monoisotopic (exact) mass is 366 g/mol. The molecule has 3 unspecified atom stereocenters. The highest BCUT2D eigenvalue weighted by atomic mass is 16.5. The van der Waals surface area contributed by atoms with Crippen LogP contribution in [0.25, 0.3) is 0 Å². The van der Waals surface area contributed by atoms with E-state index in [1.54, 1.807) is 0 Å². The standard InChI is InChI=1S/C25H34O2/c1-3-15-12-16-13-17(26)6-7-18(16)19-8-10-24(4-2)23(22(15)19)20-14-21(20)25(24)9-5-11-27-25/h3,13,15,18-23H,1,4-12,14H2,2H3/t15-,18+,19?,20-,21+,22?,23?,24+,25+/m1/s1. The van der Waals surface area contributed by atoms with Crippen LogP contribution in [-0.2, 0) is 9.53 Å². The van der Waals surface area contributed by atoms with Crippen molar-refractivity contribution < 1.29 is 9.53 Å². The molecule has 4 saturated carbocycles. The molecule has 1 saturated heterocycles. The lowest BCUT2D eigenvalue weighted by atomic mass is 9.45. The smallest absolute Gasteiger partial charge is 0.155 e. The molecule has 1 heterocycles. The second-order valence-electron chi connectivity index (χ2n) is 10.6. The van der Waals surface area contributed by atoms with Gasteiger partial charge in [0.25, 0.3) is 0 Å². The second-order valence-corrected chi connectivity index (χ2v) is 10.6. The lowest BCUT2D eigenvalue weighted by molar-refractivity contribution is -0.163. The van der Waals surface area contributed by atoms with Crippen molar-refractivity contribution in [1.82, 2.24) is 0 Å². The largest absolute Gasteiger partial charge is 0.374 e. The number of rotatable bonds is 2. The molecule has 1 aliphatic heterocycles. The average Bonchev–Trinajstić information content (AvgIpc) is 3.26. The van der Waals surface area contributed by atoms with Gasteiger partial charge in [0.2, 0.25) is 0 Å². The maximum atomic E-state index is 12.1. The molecular weight excluding hydrogens is 332 g/mol. The van der Waals surface area contributed by atoms with Crippen LogP contribution in [0.15, 0.2) is 24.3 Å². The van der Waals surface area contributed by atoms with Gasteiger partial charge in [0.05, 0.1) is 5.60 Å². The van der Waals surface area contributed by atoms with Gasteiger partial charge >= 0.3 is 0 Å². The minimum Gasteiger partial charge on any atom is -0.374 e. The SMILES string of the molecule is C=C[C@@H]1CC2=CC(=O)CC[C@@H]2C2CC[C@@]3(CC)C(C21)[C@@H]1C[C@@H]1[C@@]31CCCO1. The molecule has 0 N–H and O–H groups in total. The molecule has 0 amide bonds. The molecule has 6 rings (SSSR count). The summed E-state index contributed by atoms with van der Waals surface area (Å²) in [5.74, 6) is 5.77. The van der Waals surface area contributed by atoms with Gasteiger partial charge in [-0.3, -0.25) is 4.79 Å². The van der Waals surface area contributed by atoms with Crippen LogP contribution in [0, 0.1) is 46.8 Å². The van der Waals surface area contributed by atoms with E-state index in [4.69, 9.17) is 4.74 Å². The molecule has 0 bridgehead atoms. The topological polar surface area (TPSA) is 26.3 Å². The fourth-order valence-electron chi connectivity index (χ4n) is 9.45. The van der Waals surface area contributed by atoms with E-state index in [1.165, 1.54) is 44.1 Å². The number of carbonyl (C=O) groups is 1. The van der Waals surface area contributed by atoms with E-state index in [0.29, 0.717) is 23.0 Å². The Hall–Kier alpha value is -0.890. The van der Waals surface area contributed by atoms with Gasteiger partial charge in [-0.2, -0.15) is 0 Å². The summed E-state index contributed by atoms with van der Waals surface area (Å²) in [7, 11) is 0. The van der Waals surface area contributed by atoms with Crippen LogP contribution in [0.3, 0.4) is 0 Å². The fourth-order valence-corrected chi connectivity index (χ4v) is 9.45. The van der Waals surface area contributed by atoms with Crippen LogP contribution in [0.2, 0.25) is 0 Å². The highest BCUT2D eigenvalue weighted by Gasteiger charge is 2.78. The van der Waals surface area contributed by atoms with Crippen molar-refractivity contribution in [3.05, 3.63) is 24.3 Å². The van der Waals surface area contributed by atoms with Crippen LogP contribution >= 0.6 is 0 Å². The van der Waals surface area contributed by atoms with E-state index in [0.717, 1.165) is 55.5 Å². The number of ketones is 1. The lowest BCUT2D eigenvalue weighted by Gasteiger charge is -2.60. The summed E-state index contributed by atoms with van der Waals surface area (Å²) in [6, 6.07) is 0. The lowest BCUT2D eigenvalue weighted by Crippen LogP contribution is -2.57. The first-order valence-electron chi connectivity index (χ1n) is 11.6. The minimum absolute atomic E-state index is 0.215. The van der Waals surface area contributed by atoms with Crippen LogP contribution in [0.5, 0.6) is 0 Å². The van der Waals surface area contributed by atoms with E-state index in [1.807, 2.05) is 6.08 Å². The first-order valence-corrected chi connectivity index (χ1v) is 11.6. The highest BCUT2D eigenvalue weighted by molar-refractivity contribution is 5.91. The Morgan fingerprint density at radius 3 is 2.93 bits per heavy atom. The van der Waals surface area contributed by atoms with Gasteiger partial charge in [0.15, 0.2) is 5.78 Å². The molecule has 6 aliphatic rings. The van der Waals surface area contributed by atoms with Gasteiger partial charge in [-0.15, -0.1) is 6.58 Å². The summed E-state index contributed by atoms with van der Waals surface area (Å²) in [5.41, 5.74) is 2.11. The number of allylic oxidation sites excluding steroid dienone is 2. The molecule has 0 radical (unpaired) electrons. The molecule has 27 heavy (non-hydrogen) atoms. The zero-order valence-corrected chi connectivity index (χ0v) is 16.8. The van der Waals surface area contributed by atoms with E-state index < -0.39 is 0 Å². The van der Waals surface area contributed by atoms with Gasteiger partial charge in [0.1, 0.15) is 0 Å². The zero-order valence-electron chi connectivity index (χ0n) is 16.8. The Morgan fingerprint density at radius 1 is 1.30 bits per heavy atom. The molecule has 2 nitrogen and oxygen atoms in total. The Balaban J connectivity index is 1.44. The van der Waals surface area contributed by atoms with Crippen LogP contribution < -0.4 is 0 Å². The summed E-state index contributed by atoms with van der Waals surface area (Å²) in [4.78, 5) is 12.1. The molecule has 2 heteroatoms. The summed E-state index contributed by atoms with van der Waals surface area (Å²) >= 11 is 0. The maximum Gasteiger partial charge on any atom is 0.155 e. The predicted molar refractivity (Wildman–Crippen MR) is 106 cm³/mol. The van der Waals surface area contributed by atoms with Crippen LogP contribution in [-0.4, -0.2) is 18.0 Å². The molecule has 0 aromatic rings. The molecular formula is C25H34O2. The Morgan fingerprint density at radius 2 is 2.19 bits per heavy atom. The molecule has 0 aromatic heterocycles. The summed E-state index contributed by atoms with van der Waals surface area (Å²) in [6.45, 7) is 7.73. The third-order valence-electron chi connectivity index (χ3n) is 10.2. The quantitative estimate of drug-likeness (QED) is 0.617. The molecule has 5 aliphatic carbocycles. The summed E-state index contributed by atoms with van der Waals surface area (Å²) < 4.78 is 6.71. The first-order chi connectivity index (χ1) is 13.1. The Kier molecular flexibility index (Phi) is 3.52. The molecule has 9 atom stereocenters. The van der Waals surface area contributed by atoms with Crippen molar-refractivity contribution in [3.8, 4) is 0 Å². The van der Waals surface area contributed by atoms with E-state index in [9.17, 15) is 4.79 Å². The summed E-state index contributed by atoms with van der Waals surface area (Å²) in [5, 5.41) is 0. The van der Waals surface area contributed by atoms with Gasteiger partial charge < -0.3 is 4.74 Å². The molecule has 146 valence electrons. The van der Waals surface area contributed by atoms with Crippen molar-refractivity contribution in [3.63, 3.8) is 0 Å². The summed E-state index contributed by atoms with van der Waals surface area (Å²) in [6.07, 6.45) is 15.3. The van der Waals surface area contributed by atoms with Gasteiger partial charge in [-0.1, -0.05) is 18.6 Å². The predicted octanol–water partition coefficient (Wildman–Crippen LogP) is 5.34. The van der Waals surface area contributed by atoms with Gasteiger partial charge in [-0.05, 0) is 98.9 Å². The van der Waals surface area contributed by atoms with E-state index in [2.05, 4.69) is 19.6 Å². The molecule has 0 aromatic carbocycles. The van der Waals surface area contributed by atoms with Crippen molar-refractivity contribution in [2.75, 3.05) is 6.61 Å². The fraction of sp³-hybridized carbons (Fsp3) is 0.800. The average molecular weight is 367 g/mol. The van der Waals surface area contributed by atoms with Crippen molar-refractivity contribution in [2.45, 2.75) is 70.3 Å². The van der Waals surface area contributed by atoms with Crippen molar-refractivity contribution >= 4 is 5.78 Å². The van der Waals surface area contributed by atoms with E-state index >= 15 is 0 Å². The third kappa shape index (κ3) is 1.94. The number of hydrogen-bond acceptors (Lipinski definition) is 2. The maximum absolute atomic E-state index is 12.1. The number of fused-ring (bicyclic) bond motifs is 9. The van der Waals surface area contributed by atoms with Crippen LogP contribution in [0.4, 0.5) is 0 Å². The van der Waals surface area contributed by atoms with Crippen molar-refractivity contribution in [2.24, 2.45) is 46.8 Å². The van der Waals surface area contributed by atoms with E-state index in [-0.39, 0.29) is 5.60 Å². The Labute approximate surface area is 163 Å². The number of ether oxygens (including phenoxy) is 1.